The molecule has 34 heavy (non-hydrogen) atoms. The van der Waals surface area contributed by atoms with Crippen molar-refractivity contribution in [3.63, 3.8) is 0 Å². The highest BCUT2D eigenvalue weighted by atomic mass is 32.2. The number of anilines is 1. The Balaban J connectivity index is 1.64. The molecule has 0 aliphatic carbocycles. The summed E-state index contributed by atoms with van der Waals surface area (Å²) in [6.07, 6.45) is 0.604. The van der Waals surface area contributed by atoms with Crippen LogP contribution in [0.15, 0.2) is 41.5 Å². The molecule has 2 aliphatic heterocycles. The summed E-state index contributed by atoms with van der Waals surface area (Å²) in [5, 5.41) is 8.38. The van der Waals surface area contributed by atoms with Gasteiger partial charge in [0.25, 0.3) is 5.91 Å². The number of para-hydroxylation sites is 1. The first-order valence-corrected chi connectivity index (χ1v) is 11.9. The summed E-state index contributed by atoms with van der Waals surface area (Å²) < 4.78 is 5.93. The Morgan fingerprint density at radius 1 is 1.12 bits per heavy atom. The number of hydrazone groups is 1. The number of amidine groups is 1. The molecule has 0 unspecified atom stereocenters. The number of ether oxygens (including phenoxy) is 1. The Labute approximate surface area is 203 Å². The van der Waals surface area contributed by atoms with Crippen LogP contribution in [0.1, 0.15) is 42.5 Å². The lowest BCUT2D eigenvalue weighted by Gasteiger charge is -2.29. The van der Waals surface area contributed by atoms with Gasteiger partial charge in [0.15, 0.2) is 5.17 Å². The predicted octanol–water partition coefficient (Wildman–Crippen LogP) is 3.58. The van der Waals surface area contributed by atoms with Crippen LogP contribution in [-0.2, 0) is 19.3 Å². The molecule has 4 rings (SSSR count). The number of benzene rings is 2. The van der Waals surface area contributed by atoms with Gasteiger partial charge in [-0.1, -0.05) is 35.9 Å². The summed E-state index contributed by atoms with van der Waals surface area (Å²) in [6.45, 7) is 9.51. The van der Waals surface area contributed by atoms with Gasteiger partial charge in [-0.2, -0.15) is 5.01 Å². The fourth-order valence-corrected chi connectivity index (χ4v) is 5.79. The first kappa shape index (κ1) is 23.8. The van der Waals surface area contributed by atoms with Crippen LogP contribution in [-0.4, -0.2) is 41.0 Å². The smallest absolute Gasteiger partial charge is 0.270 e. The SMILES string of the molecule is CC(=O)NC1=NN(C(C)=O)[C@@]2(S1)C(=O)N(CCCOc1ccccc1C)c1c(C)cc(C)cc12. The number of nitrogens with one attached hydrogen (secondary N) is 1. The topological polar surface area (TPSA) is 91.3 Å². The van der Waals surface area contributed by atoms with E-state index in [1.807, 2.05) is 57.2 Å². The van der Waals surface area contributed by atoms with Crippen molar-refractivity contribution in [2.24, 2.45) is 5.10 Å². The first-order chi connectivity index (χ1) is 16.1. The van der Waals surface area contributed by atoms with Crippen molar-refractivity contribution in [1.82, 2.24) is 10.3 Å². The zero-order chi connectivity index (χ0) is 24.6. The van der Waals surface area contributed by atoms with E-state index in [9.17, 15) is 14.4 Å². The molecular weight excluding hydrogens is 452 g/mol. The van der Waals surface area contributed by atoms with Crippen molar-refractivity contribution in [1.29, 1.82) is 0 Å². The van der Waals surface area contributed by atoms with E-state index in [0.29, 0.717) is 25.1 Å². The number of fused-ring (bicyclic) bond motifs is 2. The van der Waals surface area contributed by atoms with Gasteiger partial charge in [0, 0.05) is 26.0 Å². The standard InChI is InChI=1S/C25H28N4O4S/c1-15-13-17(3)22-20(14-15)25(29(19(5)31)27-24(34-25)26-18(4)30)23(32)28(22)11-8-12-33-21-10-7-6-9-16(21)2/h6-7,9-10,13-14H,8,11-12H2,1-5H3,(H,26,27,30)/t25-/m0/s1. The zero-order valence-corrected chi connectivity index (χ0v) is 20.8. The van der Waals surface area contributed by atoms with E-state index in [1.54, 1.807) is 4.90 Å². The fraction of sp³-hybridized carbons (Fsp3) is 0.360. The van der Waals surface area contributed by atoms with E-state index < -0.39 is 4.87 Å². The van der Waals surface area contributed by atoms with Gasteiger partial charge < -0.3 is 15.0 Å². The molecule has 0 saturated heterocycles. The number of hydrogen-bond donors (Lipinski definition) is 1. The molecule has 2 aromatic carbocycles. The van der Waals surface area contributed by atoms with E-state index in [1.165, 1.54) is 18.9 Å². The molecule has 0 bridgehead atoms. The molecule has 0 fully saturated rings. The molecular formula is C25H28N4O4S. The van der Waals surface area contributed by atoms with E-state index in [2.05, 4.69) is 10.4 Å². The molecule has 1 N–H and O–H groups in total. The minimum atomic E-state index is -1.38. The molecule has 2 heterocycles. The molecule has 8 nitrogen and oxygen atoms in total. The Morgan fingerprint density at radius 3 is 2.53 bits per heavy atom. The fourth-order valence-electron chi connectivity index (χ4n) is 4.47. The van der Waals surface area contributed by atoms with Crippen molar-refractivity contribution < 1.29 is 19.1 Å². The number of hydrogen-bond acceptors (Lipinski definition) is 6. The van der Waals surface area contributed by atoms with E-state index in [-0.39, 0.29) is 22.9 Å². The largest absolute Gasteiger partial charge is 0.493 e. The predicted molar refractivity (Wildman–Crippen MR) is 133 cm³/mol. The molecule has 9 heteroatoms. The van der Waals surface area contributed by atoms with Gasteiger partial charge in [0.1, 0.15) is 5.75 Å². The van der Waals surface area contributed by atoms with Crippen molar-refractivity contribution in [2.75, 3.05) is 18.1 Å². The van der Waals surface area contributed by atoms with Crippen LogP contribution in [0.3, 0.4) is 0 Å². The van der Waals surface area contributed by atoms with Gasteiger partial charge >= 0.3 is 0 Å². The normalized spacial score (nSPS) is 18.9. The number of nitrogens with zero attached hydrogens (tertiary/aromatic N) is 3. The average molecular weight is 481 g/mol. The summed E-state index contributed by atoms with van der Waals surface area (Å²) >= 11 is 1.10. The minimum Gasteiger partial charge on any atom is -0.493 e. The van der Waals surface area contributed by atoms with Gasteiger partial charge in [-0.3, -0.25) is 14.4 Å². The van der Waals surface area contributed by atoms with E-state index in [0.717, 1.165) is 39.9 Å². The third kappa shape index (κ3) is 4.04. The second-order valence-electron chi connectivity index (χ2n) is 8.57. The van der Waals surface area contributed by atoms with Gasteiger partial charge in [-0.15, -0.1) is 5.10 Å². The number of carbonyl (C=O) groups is 3. The Kier molecular flexibility index (Phi) is 6.40. The van der Waals surface area contributed by atoms with Crippen LogP contribution in [0.4, 0.5) is 5.69 Å². The Hall–Kier alpha value is -3.33. The van der Waals surface area contributed by atoms with Gasteiger partial charge in [0.05, 0.1) is 12.3 Å². The molecule has 2 aromatic rings. The minimum absolute atomic E-state index is 0.228. The van der Waals surface area contributed by atoms with Crippen LogP contribution in [0, 0.1) is 20.8 Å². The van der Waals surface area contributed by atoms with Gasteiger partial charge in [-0.05, 0) is 56.1 Å². The average Bonchev–Trinajstić information content (AvgIpc) is 3.24. The maximum Gasteiger partial charge on any atom is 0.270 e. The van der Waals surface area contributed by atoms with Crippen LogP contribution in [0.25, 0.3) is 0 Å². The number of carbonyl (C=O) groups excluding carboxylic acids is 3. The second kappa shape index (κ2) is 9.13. The van der Waals surface area contributed by atoms with Crippen molar-refractivity contribution in [2.45, 2.75) is 45.9 Å². The first-order valence-electron chi connectivity index (χ1n) is 11.1. The second-order valence-corrected chi connectivity index (χ2v) is 9.75. The number of amides is 3. The van der Waals surface area contributed by atoms with Crippen molar-refractivity contribution in [3.05, 3.63) is 58.7 Å². The molecule has 2 aliphatic rings. The number of aryl methyl sites for hydroxylation is 3. The Morgan fingerprint density at radius 2 is 1.85 bits per heavy atom. The maximum absolute atomic E-state index is 14.0. The van der Waals surface area contributed by atoms with E-state index >= 15 is 0 Å². The summed E-state index contributed by atoms with van der Waals surface area (Å²) in [5.74, 6) is -0.128. The van der Waals surface area contributed by atoms with Crippen molar-refractivity contribution >= 4 is 40.3 Å². The Bertz CT molecular complexity index is 1210. The highest BCUT2D eigenvalue weighted by molar-refractivity contribution is 8.15. The maximum atomic E-state index is 14.0. The van der Waals surface area contributed by atoms with Crippen LogP contribution >= 0.6 is 11.8 Å². The summed E-state index contributed by atoms with van der Waals surface area (Å²) in [7, 11) is 0. The monoisotopic (exact) mass is 480 g/mol. The lowest BCUT2D eigenvalue weighted by atomic mass is 10.0. The third-order valence-electron chi connectivity index (χ3n) is 5.81. The van der Waals surface area contributed by atoms with Gasteiger partial charge in [-0.25, -0.2) is 0 Å². The molecule has 1 atom stereocenters. The highest BCUT2D eigenvalue weighted by Crippen LogP contribution is 2.55. The summed E-state index contributed by atoms with van der Waals surface area (Å²) in [4.78, 5) is 38.6. The molecule has 178 valence electrons. The molecule has 0 radical (unpaired) electrons. The molecule has 0 aromatic heterocycles. The quantitative estimate of drug-likeness (QED) is 0.661. The summed E-state index contributed by atoms with van der Waals surface area (Å²) in [5.41, 5.74) is 4.46. The third-order valence-corrected chi connectivity index (χ3v) is 7.05. The molecule has 3 amide bonds. The van der Waals surface area contributed by atoms with Crippen LogP contribution < -0.4 is 15.0 Å². The molecule has 0 saturated carbocycles. The van der Waals surface area contributed by atoms with Crippen molar-refractivity contribution in [3.8, 4) is 5.75 Å². The van der Waals surface area contributed by atoms with Gasteiger partial charge in [0.2, 0.25) is 16.7 Å². The number of thioether (sulfide) groups is 1. The highest BCUT2D eigenvalue weighted by Gasteiger charge is 2.61. The lowest BCUT2D eigenvalue weighted by molar-refractivity contribution is -0.139. The van der Waals surface area contributed by atoms with Crippen LogP contribution in [0.5, 0.6) is 5.75 Å². The lowest BCUT2D eigenvalue weighted by Crippen LogP contribution is -2.48. The molecule has 1 spiro atoms. The van der Waals surface area contributed by atoms with E-state index in [4.69, 9.17) is 4.74 Å². The number of rotatable bonds is 5. The summed E-state index contributed by atoms with van der Waals surface area (Å²) in [6, 6.07) is 11.8. The zero-order valence-electron chi connectivity index (χ0n) is 20.0. The van der Waals surface area contributed by atoms with Crippen LogP contribution in [0.2, 0.25) is 0 Å².